The van der Waals surface area contributed by atoms with Crippen molar-refractivity contribution in [3.05, 3.63) is 24.2 Å². The van der Waals surface area contributed by atoms with E-state index in [0.717, 1.165) is 36.3 Å². The lowest BCUT2D eigenvalue weighted by Crippen LogP contribution is -2.18. The minimum Gasteiger partial charge on any atom is -0.383 e. The highest BCUT2D eigenvalue weighted by atomic mass is 35.5. The van der Waals surface area contributed by atoms with Gasteiger partial charge in [-0.1, -0.05) is 13.3 Å². The molecule has 0 saturated carbocycles. The van der Waals surface area contributed by atoms with Gasteiger partial charge in [-0.25, -0.2) is 9.97 Å². The maximum Gasteiger partial charge on any atom is 0.160 e. The van der Waals surface area contributed by atoms with Crippen LogP contribution in [0.25, 0.3) is 11.2 Å². The van der Waals surface area contributed by atoms with Crippen LogP contribution < -0.4 is 0 Å². The third-order valence-electron chi connectivity index (χ3n) is 3.19. The van der Waals surface area contributed by atoms with Gasteiger partial charge in [0.15, 0.2) is 5.65 Å². The predicted molar refractivity (Wildman–Crippen MR) is 77.8 cm³/mol. The molecule has 0 saturated heterocycles. The molecule has 0 aromatic carbocycles. The summed E-state index contributed by atoms with van der Waals surface area (Å²) >= 11 is 5.89. The highest BCUT2D eigenvalue weighted by Crippen LogP contribution is 2.23. The second-order valence-corrected chi connectivity index (χ2v) is 4.96. The van der Waals surface area contributed by atoms with Crippen LogP contribution in [0.5, 0.6) is 0 Å². The summed E-state index contributed by atoms with van der Waals surface area (Å²) in [6.45, 7) is 2.85. The first kappa shape index (κ1) is 14.3. The molecule has 19 heavy (non-hydrogen) atoms. The van der Waals surface area contributed by atoms with Gasteiger partial charge in [-0.05, 0) is 18.6 Å². The second-order valence-electron chi connectivity index (χ2n) is 4.58. The molecule has 1 unspecified atom stereocenters. The normalized spacial score (nSPS) is 13.0. The second kappa shape index (κ2) is 6.87. The molecule has 4 nitrogen and oxygen atoms in total. The fourth-order valence-corrected chi connectivity index (χ4v) is 2.60. The molecule has 1 atom stereocenters. The fraction of sp³-hybridized carbons (Fsp3) is 0.571. The van der Waals surface area contributed by atoms with Crippen molar-refractivity contribution in [2.24, 2.45) is 0 Å². The average Bonchev–Trinajstić information content (AvgIpc) is 2.77. The number of aromatic nitrogens is 3. The Kier molecular flexibility index (Phi) is 5.16. The molecule has 0 amide bonds. The van der Waals surface area contributed by atoms with Crippen LogP contribution >= 0.6 is 11.6 Å². The zero-order valence-electron chi connectivity index (χ0n) is 11.5. The summed E-state index contributed by atoms with van der Waals surface area (Å²) in [6, 6.07) is 4.18. The molecule has 2 aromatic heterocycles. The van der Waals surface area contributed by atoms with E-state index in [9.17, 15) is 0 Å². The van der Waals surface area contributed by atoms with E-state index in [1.54, 1.807) is 13.3 Å². The zero-order chi connectivity index (χ0) is 13.7. The molecular formula is C14H20ClN3O. The monoisotopic (exact) mass is 281 g/mol. The molecule has 104 valence electrons. The zero-order valence-corrected chi connectivity index (χ0v) is 12.2. The molecule has 2 rings (SSSR count). The summed E-state index contributed by atoms with van der Waals surface area (Å²) in [7, 11) is 1.73. The van der Waals surface area contributed by atoms with Gasteiger partial charge in [0, 0.05) is 25.6 Å². The van der Waals surface area contributed by atoms with Gasteiger partial charge in [-0.15, -0.1) is 11.6 Å². The van der Waals surface area contributed by atoms with E-state index in [1.165, 1.54) is 0 Å². The third kappa shape index (κ3) is 3.07. The number of nitrogens with zero attached hydrogens (tertiary/aromatic N) is 3. The van der Waals surface area contributed by atoms with Gasteiger partial charge in [0.05, 0.1) is 12.6 Å². The number of pyridine rings is 1. The SMILES string of the molecule is CCCC(COC)n1c(CCCl)nc2cccnc21. The minimum absolute atomic E-state index is 0.271. The lowest BCUT2D eigenvalue weighted by Gasteiger charge is -2.20. The van der Waals surface area contributed by atoms with Crippen molar-refractivity contribution in [3.63, 3.8) is 0 Å². The van der Waals surface area contributed by atoms with Crippen molar-refractivity contribution in [3.8, 4) is 0 Å². The number of methoxy groups -OCH3 is 1. The number of hydrogen-bond donors (Lipinski definition) is 0. The van der Waals surface area contributed by atoms with E-state index >= 15 is 0 Å². The highest BCUT2D eigenvalue weighted by molar-refractivity contribution is 6.17. The molecule has 5 heteroatoms. The number of hydrogen-bond acceptors (Lipinski definition) is 3. The summed E-state index contributed by atoms with van der Waals surface area (Å²) in [5.41, 5.74) is 1.86. The molecule has 0 aliphatic rings. The molecule has 0 fully saturated rings. The number of halogens is 1. The van der Waals surface area contributed by atoms with E-state index in [-0.39, 0.29) is 6.04 Å². The smallest absolute Gasteiger partial charge is 0.160 e. The molecule has 0 N–H and O–H groups in total. The Hall–Kier alpha value is -1.13. The number of alkyl halides is 1. The first-order valence-corrected chi connectivity index (χ1v) is 7.22. The Morgan fingerprint density at radius 2 is 2.32 bits per heavy atom. The Morgan fingerprint density at radius 3 is 3.00 bits per heavy atom. The van der Waals surface area contributed by atoms with E-state index in [1.807, 2.05) is 12.1 Å². The summed E-state index contributed by atoms with van der Waals surface area (Å²) in [4.78, 5) is 9.12. The van der Waals surface area contributed by atoms with Crippen LogP contribution in [0.15, 0.2) is 18.3 Å². The predicted octanol–water partition coefficient (Wildman–Crippen LogP) is 3.20. The highest BCUT2D eigenvalue weighted by Gasteiger charge is 2.19. The van der Waals surface area contributed by atoms with Crippen LogP contribution in [0.4, 0.5) is 0 Å². The first-order valence-electron chi connectivity index (χ1n) is 6.68. The molecule has 0 bridgehead atoms. The van der Waals surface area contributed by atoms with Crippen molar-refractivity contribution >= 4 is 22.8 Å². The van der Waals surface area contributed by atoms with Crippen LogP contribution in [0.1, 0.15) is 31.6 Å². The van der Waals surface area contributed by atoms with Crippen LogP contribution in [-0.2, 0) is 11.2 Å². The topological polar surface area (TPSA) is 39.9 Å². The van der Waals surface area contributed by atoms with Gasteiger partial charge in [-0.2, -0.15) is 0 Å². The Morgan fingerprint density at radius 1 is 1.47 bits per heavy atom. The van der Waals surface area contributed by atoms with Gasteiger partial charge in [0.1, 0.15) is 11.3 Å². The van der Waals surface area contributed by atoms with Crippen LogP contribution in [0.2, 0.25) is 0 Å². The molecule has 2 heterocycles. The van der Waals surface area contributed by atoms with Crippen LogP contribution in [-0.4, -0.2) is 34.1 Å². The lowest BCUT2D eigenvalue weighted by molar-refractivity contribution is 0.150. The largest absolute Gasteiger partial charge is 0.383 e. The average molecular weight is 282 g/mol. The molecule has 0 radical (unpaired) electrons. The van der Waals surface area contributed by atoms with Crippen LogP contribution in [0.3, 0.4) is 0 Å². The van der Waals surface area contributed by atoms with Crippen molar-refractivity contribution in [1.82, 2.24) is 14.5 Å². The molecule has 2 aromatic rings. The van der Waals surface area contributed by atoms with Gasteiger partial charge < -0.3 is 9.30 Å². The fourth-order valence-electron chi connectivity index (χ4n) is 2.43. The molecule has 0 spiro atoms. The maximum absolute atomic E-state index is 5.89. The van der Waals surface area contributed by atoms with E-state index < -0.39 is 0 Å². The van der Waals surface area contributed by atoms with E-state index in [4.69, 9.17) is 16.3 Å². The summed E-state index contributed by atoms with van der Waals surface area (Å²) < 4.78 is 7.55. The molecule has 0 aliphatic heterocycles. The maximum atomic E-state index is 5.89. The van der Waals surface area contributed by atoms with Gasteiger partial charge in [0.2, 0.25) is 0 Å². The molecule has 0 aliphatic carbocycles. The number of aryl methyl sites for hydroxylation is 1. The number of rotatable bonds is 7. The van der Waals surface area contributed by atoms with Crippen molar-refractivity contribution < 1.29 is 4.74 Å². The van der Waals surface area contributed by atoms with E-state index in [0.29, 0.717) is 12.5 Å². The quantitative estimate of drug-likeness (QED) is 0.732. The standard InChI is InChI=1S/C14H20ClN3O/c1-3-5-11(10-19-2)18-13(7-8-15)17-12-6-4-9-16-14(12)18/h4,6,9,11H,3,5,7-8,10H2,1-2H3. The minimum atomic E-state index is 0.271. The Bertz CT molecular complexity index is 520. The summed E-state index contributed by atoms with van der Waals surface area (Å²) in [5, 5.41) is 0. The molecular weight excluding hydrogens is 262 g/mol. The van der Waals surface area contributed by atoms with Crippen molar-refractivity contribution in [2.45, 2.75) is 32.2 Å². The van der Waals surface area contributed by atoms with Crippen molar-refractivity contribution in [1.29, 1.82) is 0 Å². The number of imidazole rings is 1. The third-order valence-corrected chi connectivity index (χ3v) is 3.38. The number of ether oxygens (including phenoxy) is 1. The Labute approximate surface area is 118 Å². The summed E-state index contributed by atoms with van der Waals surface area (Å²) in [6.07, 6.45) is 4.70. The van der Waals surface area contributed by atoms with Crippen molar-refractivity contribution in [2.75, 3.05) is 19.6 Å². The van der Waals surface area contributed by atoms with Gasteiger partial charge in [-0.3, -0.25) is 0 Å². The summed E-state index contributed by atoms with van der Waals surface area (Å²) in [5.74, 6) is 1.56. The Balaban J connectivity index is 2.49. The van der Waals surface area contributed by atoms with Crippen LogP contribution in [0, 0.1) is 0 Å². The van der Waals surface area contributed by atoms with Gasteiger partial charge >= 0.3 is 0 Å². The first-order chi connectivity index (χ1) is 9.31. The van der Waals surface area contributed by atoms with Gasteiger partial charge in [0.25, 0.3) is 0 Å². The lowest BCUT2D eigenvalue weighted by atomic mass is 10.1. The van der Waals surface area contributed by atoms with E-state index in [2.05, 4.69) is 21.5 Å². The number of fused-ring (bicyclic) bond motifs is 1.